The Morgan fingerprint density at radius 1 is 1.56 bits per heavy atom. The molecule has 2 heterocycles. The third kappa shape index (κ3) is 1.30. The van der Waals surface area contributed by atoms with E-state index in [2.05, 4.69) is 0 Å². The fourth-order valence-electron chi connectivity index (χ4n) is 4.64. The van der Waals surface area contributed by atoms with E-state index in [9.17, 15) is 15.0 Å². The summed E-state index contributed by atoms with van der Waals surface area (Å²) in [6, 6.07) is 0. The van der Waals surface area contributed by atoms with Crippen LogP contribution in [0.5, 0.6) is 0 Å². The Labute approximate surface area is 106 Å². The molecule has 2 aliphatic carbocycles. The number of methoxy groups -OCH3 is 1. The van der Waals surface area contributed by atoms with Crippen molar-refractivity contribution in [3.8, 4) is 0 Å². The molecule has 2 saturated carbocycles. The minimum Gasteiger partial charge on any atom is -0.469 e. The molecule has 0 radical (unpaired) electrons. The van der Waals surface area contributed by atoms with Crippen molar-refractivity contribution in [2.45, 2.75) is 44.0 Å². The molecule has 0 spiro atoms. The number of carbonyl (C=O) groups is 1. The van der Waals surface area contributed by atoms with Crippen LogP contribution < -0.4 is 0 Å². The molecular weight excluding hydrogens is 236 g/mol. The highest BCUT2D eigenvalue weighted by atomic mass is 16.5. The van der Waals surface area contributed by atoms with Crippen LogP contribution >= 0.6 is 0 Å². The first-order valence-corrected chi connectivity index (χ1v) is 6.52. The molecule has 0 amide bonds. The zero-order valence-corrected chi connectivity index (χ0v) is 10.8. The van der Waals surface area contributed by atoms with Gasteiger partial charge in [0.15, 0.2) is 0 Å². The van der Waals surface area contributed by atoms with Gasteiger partial charge in [-0.05, 0) is 32.1 Å². The maximum atomic E-state index is 12.2. The van der Waals surface area contributed by atoms with Crippen molar-refractivity contribution in [3.63, 3.8) is 0 Å². The molecule has 4 aliphatic rings. The van der Waals surface area contributed by atoms with Crippen LogP contribution in [-0.2, 0) is 14.3 Å². The zero-order valence-electron chi connectivity index (χ0n) is 10.8. The topological polar surface area (TPSA) is 76.0 Å². The van der Waals surface area contributed by atoms with Crippen molar-refractivity contribution in [2.75, 3.05) is 13.7 Å². The Hall–Kier alpha value is -0.650. The van der Waals surface area contributed by atoms with Crippen LogP contribution in [0.2, 0.25) is 0 Å². The lowest BCUT2D eigenvalue weighted by Gasteiger charge is -2.64. The average Bonchev–Trinajstić information content (AvgIpc) is 2.33. The van der Waals surface area contributed by atoms with Gasteiger partial charge >= 0.3 is 5.97 Å². The Balaban J connectivity index is 2.08. The highest BCUT2D eigenvalue weighted by molar-refractivity contribution is 5.79. The summed E-state index contributed by atoms with van der Waals surface area (Å²) in [6.45, 7) is 1.84. The van der Waals surface area contributed by atoms with E-state index in [0.717, 1.165) is 12.8 Å². The summed E-state index contributed by atoms with van der Waals surface area (Å²) >= 11 is 0. The normalized spacial score (nSPS) is 53.6. The van der Waals surface area contributed by atoms with E-state index >= 15 is 0 Å². The minimum absolute atomic E-state index is 0.0735. The molecule has 5 heteroatoms. The lowest BCUT2D eigenvalue weighted by atomic mass is 9.48. The summed E-state index contributed by atoms with van der Waals surface area (Å²) in [6.07, 6.45) is 1.07. The van der Waals surface area contributed by atoms with Crippen molar-refractivity contribution in [2.24, 2.45) is 17.3 Å². The van der Waals surface area contributed by atoms with Crippen LogP contribution in [0.3, 0.4) is 0 Å². The Morgan fingerprint density at radius 2 is 2.28 bits per heavy atom. The molecule has 0 aromatic rings. The first-order valence-electron chi connectivity index (χ1n) is 6.52. The average molecular weight is 256 g/mol. The third-order valence-electron chi connectivity index (χ3n) is 5.18. The fraction of sp³-hybridized carbons (Fsp3) is 0.923. The van der Waals surface area contributed by atoms with Gasteiger partial charge in [-0.25, -0.2) is 0 Å². The largest absolute Gasteiger partial charge is 0.469 e. The molecule has 6 atom stereocenters. The number of hydrogen-bond acceptors (Lipinski definition) is 5. The van der Waals surface area contributed by atoms with Crippen LogP contribution in [0.1, 0.15) is 26.2 Å². The van der Waals surface area contributed by atoms with Crippen LogP contribution in [0.4, 0.5) is 0 Å². The molecule has 0 aromatic heterocycles. The maximum absolute atomic E-state index is 12.2. The fourth-order valence-corrected chi connectivity index (χ4v) is 4.64. The summed E-state index contributed by atoms with van der Waals surface area (Å²) in [4.78, 5) is 12.2. The van der Waals surface area contributed by atoms with E-state index in [1.807, 2.05) is 6.92 Å². The summed E-state index contributed by atoms with van der Waals surface area (Å²) in [5, 5.41) is 20.1. The first-order chi connectivity index (χ1) is 8.47. The predicted octanol–water partition coefficient (Wildman–Crippen LogP) is 0.0864. The van der Waals surface area contributed by atoms with Gasteiger partial charge in [0.25, 0.3) is 0 Å². The van der Waals surface area contributed by atoms with Crippen LogP contribution in [0.15, 0.2) is 0 Å². The number of carbonyl (C=O) groups excluding carboxylic acids is 1. The van der Waals surface area contributed by atoms with Gasteiger partial charge < -0.3 is 19.7 Å². The number of esters is 1. The van der Waals surface area contributed by atoms with Crippen molar-refractivity contribution >= 4 is 5.97 Å². The van der Waals surface area contributed by atoms with Gasteiger partial charge in [-0.2, -0.15) is 0 Å². The minimum atomic E-state index is -0.984. The van der Waals surface area contributed by atoms with Crippen molar-refractivity contribution in [3.05, 3.63) is 0 Å². The number of rotatable bonds is 2. The predicted molar refractivity (Wildman–Crippen MR) is 61.7 cm³/mol. The second kappa shape index (κ2) is 3.68. The molecule has 4 bridgehead atoms. The maximum Gasteiger partial charge on any atom is 0.315 e. The van der Waals surface area contributed by atoms with Crippen LogP contribution in [0.25, 0.3) is 0 Å². The third-order valence-corrected chi connectivity index (χ3v) is 5.18. The molecule has 18 heavy (non-hydrogen) atoms. The van der Waals surface area contributed by atoms with Crippen LogP contribution in [0, 0.1) is 17.3 Å². The van der Waals surface area contributed by atoms with Gasteiger partial charge in [0.2, 0.25) is 0 Å². The van der Waals surface area contributed by atoms with E-state index in [-0.39, 0.29) is 30.1 Å². The zero-order chi connectivity index (χ0) is 13.1. The quantitative estimate of drug-likeness (QED) is 0.685. The Kier molecular flexibility index (Phi) is 2.53. The lowest BCUT2D eigenvalue weighted by molar-refractivity contribution is -0.308. The molecule has 5 nitrogen and oxygen atoms in total. The highest BCUT2D eigenvalue weighted by Crippen LogP contribution is 2.62. The van der Waals surface area contributed by atoms with E-state index in [0.29, 0.717) is 6.42 Å². The Morgan fingerprint density at radius 3 is 2.89 bits per heavy atom. The second-order valence-corrected chi connectivity index (χ2v) is 6.25. The molecular formula is C13H20O5. The molecule has 4 fully saturated rings. The SMILES string of the molecule is COC(=O)[C@@]12C[C@]3(C)C[C@@H](C[C@@H](O3)[C@@H]1CO)[C@H]2O. The molecule has 2 N–H and O–H groups in total. The number of aliphatic hydroxyl groups is 2. The number of aliphatic hydroxyl groups excluding tert-OH is 2. The molecule has 4 rings (SSSR count). The first kappa shape index (κ1) is 12.4. The lowest BCUT2D eigenvalue weighted by Crippen LogP contribution is -2.72. The van der Waals surface area contributed by atoms with E-state index in [1.54, 1.807) is 0 Å². The van der Waals surface area contributed by atoms with E-state index in [1.165, 1.54) is 7.11 Å². The van der Waals surface area contributed by atoms with E-state index < -0.39 is 17.5 Å². The number of ether oxygens (including phenoxy) is 2. The summed E-state index contributed by atoms with van der Waals surface area (Å²) in [5.41, 5.74) is -1.35. The highest BCUT2D eigenvalue weighted by Gasteiger charge is 2.70. The van der Waals surface area contributed by atoms with Gasteiger partial charge in [0, 0.05) is 12.5 Å². The van der Waals surface area contributed by atoms with Crippen molar-refractivity contribution < 1.29 is 24.5 Å². The van der Waals surface area contributed by atoms with E-state index in [4.69, 9.17) is 9.47 Å². The van der Waals surface area contributed by atoms with Gasteiger partial charge in [-0.3, -0.25) is 4.79 Å². The van der Waals surface area contributed by atoms with Gasteiger partial charge in [0.05, 0.1) is 24.9 Å². The smallest absolute Gasteiger partial charge is 0.315 e. The molecule has 0 aromatic carbocycles. The standard InChI is InChI=1S/C13H20O5/c1-12-4-7-3-9(18-12)8(5-14)13(6-12,10(7)15)11(16)17-2/h7-10,14-15H,3-6H2,1-2H3/t7-,8+,9-,10-,12+,13+/m1/s1. The van der Waals surface area contributed by atoms with Gasteiger partial charge in [0.1, 0.15) is 5.41 Å². The van der Waals surface area contributed by atoms with Gasteiger partial charge in [-0.15, -0.1) is 0 Å². The molecule has 2 saturated heterocycles. The molecule has 102 valence electrons. The monoisotopic (exact) mass is 256 g/mol. The Bertz CT molecular complexity index is 384. The summed E-state index contributed by atoms with van der Waals surface area (Å²) < 4.78 is 10.9. The van der Waals surface area contributed by atoms with Gasteiger partial charge in [-0.1, -0.05) is 0 Å². The van der Waals surface area contributed by atoms with Crippen molar-refractivity contribution in [1.82, 2.24) is 0 Å². The molecule has 0 unspecified atom stereocenters. The second-order valence-electron chi connectivity index (χ2n) is 6.25. The number of hydrogen-bond donors (Lipinski definition) is 2. The van der Waals surface area contributed by atoms with Crippen molar-refractivity contribution in [1.29, 1.82) is 0 Å². The summed E-state index contributed by atoms with van der Waals surface area (Å²) in [7, 11) is 1.34. The van der Waals surface area contributed by atoms with Crippen LogP contribution in [-0.4, -0.2) is 47.7 Å². The summed E-state index contributed by atoms with van der Waals surface area (Å²) in [5.74, 6) is -0.688. The molecule has 2 aliphatic heterocycles.